The molecule has 0 radical (unpaired) electrons. The number of ketones is 1. The van der Waals surface area contributed by atoms with E-state index >= 15 is 0 Å². The van der Waals surface area contributed by atoms with Crippen LogP contribution in [0, 0.1) is 0 Å². The Kier molecular flexibility index (Phi) is 11.3. The van der Waals surface area contributed by atoms with E-state index in [1.165, 1.54) is 57.8 Å². The highest BCUT2D eigenvalue weighted by molar-refractivity contribution is 5.83. The Morgan fingerprint density at radius 1 is 1.05 bits per heavy atom. The Morgan fingerprint density at radius 3 is 2.18 bits per heavy atom. The van der Waals surface area contributed by atoms with Gasteiger partial charge in [-0.05, 0) is 32.1 Å². The summed E-state index contributed by atoms with van der Waals surface area (Å²) in [5.74, 6) is -0.0477. The smallest absolute Gasteiger partial charge is 0.164 e. The highest BCUT2D eigenvalue weighted by Crippen LogP contribution is 2.17. The number of aliphatic hydroxyl groups is 1. The number of hydrogen-bond acceptors (Lipinski definition) is 3. The number of aliphatic hydroxyl groups excluding tert-OH is 1. The minimum absolute atomic E-state index is 0.0477. The van der Waals surface area contributed by atoms with Crippen LogP contribution in [-0.2, 0) is 9.53 Å². The monoisotopic (exact) mass is 310 g/mol. The van der Waals surface area contributed by atoms with Gasteiger partial charge in [-0.1, -0.05) is 57.6 Å². The number of allylic oxidation sites excluding steroid dienone is 2. The molecule has 1 saturated heterocycles. The van der Waals surface area contributed by atoms with Crippen LogP contribution in [0.5, 0.6) is 0 Å². The summed E-state index contributed by atoms with van der Waals surface area (Å²) in [6.07, 6.45) is 17.5. The van der Waals surface area contributed by atoms with Gasteiger partial charge < -0.3 is 9.84 Å². The summed E-state index contributed by atoms with van der Waals surface area (Å²) in [5.41, 5.74) is 0. The van der Waals surface area contributed by atoms with Crippen LogP contribution in [0.4, 0.5) is 0 Å². The Bertz CT molecular complexity index is 308. The molecule has 128 valence electrons. The van der Waals surface area contributed by atoms with Crippen molar-refractivity contribution < 1.29 is 14.6 Å². The fourth-order valence-corrected chi connectivity index (χ4v) is 2.61. The Balaban J connectivity index is 1.79. The maximum Gasteiger partial charge on any atom is 0.164 e. The summed E-state index contributed by atoms with van der Waals surface area (Å²) in [7, 11) is 0. The third-order valence-corrected chi connectivity index (χ3v) is 4.23. The summed E-state index contributed by atoms with van der Waals surface area (Å²) in [4.78, 5) is 11.6. The largest absolute Gasteiger partial charge is 0.382 e. The van der Waals surface area contributed by atoms with Gasteiger partial charge in [-0.25, -0.2) is 0 Å². The van der Waals surface area contributed by atoms with E-state index in [-0.39, 0.29) is 11.9 Å². The van der Waals surface area contributed by atoms with Crippen LogP contribution in [0.25, 0.3) is 0 Å². The van der Waals surface area contributed by atoms with Gasteiger partial charge in [0.25, 0.3) is 0 Å². The lowest BCUT2D eigenvalue weighted by atomic mass is 10.0. The maximum absolute atomic E-state index is 11.6. The van der Waals surface area contributed by atoms with Crippen LogP contribution >= 0.6 is 0 Å². The van der Waals surface area contributed by atoms with E-state index in [1.807, 2.05) is 0 Å². The van der Waals surface area contributed by atoms with Gasteiger partial charge >= 0.3 is 0 Å². The second-order valence-corrected chi connectivity index (χ2v) is 6.41. The van der Waals surface area contributed by atoms with Crippen molar-refractivity contribution in [3.05, 3.63) is 12.2 Å². The first-order valence-electron chi connectivity index (χ1n) is 9.23. The molecule has 0 spiro atoms. The summed E-state index contributed by atoms with van der Waals surface area (Å²) in [6.45, 7) is 2.79. The molecule has 0 aliphatic carbocycles. The molecule has 1 heterocycles. The molecule has 3 nitrogen and oxygen atoms in total. The lowest BCUT2D eigenvalue weighted by Gasteiger charge is -2.05. The fraction of sp³-hybridized carbons (Fsp3) is 0.842. The molecule has 0 aromatic rings. The van der Waals surface area contributed by atoms with Crippen LogP contribution in [-0.4, -0.2) is 29.7 Å². The molecule has 0 aromatic heterocycles. The van der Waals surface area contributed by atoms with Gasteiger partial charge in [-0.3, -0.25) is 4.79 Å². The number of hydrogen-bond donors (Lipinski definition) is 1. The van der Waals surface area contributed by atoms with E-state index in [0.717, 1.165) is 12.8 Å². The zero-order valence-corrected chi connectivity index (χ0v) is 14.3. The average molecular weight is 310 g/mol. The number of rotatable bonds is 15. The molecule has 0 bridgehead atoms. The van der Waals surface area contributed by atoms with Gasteiger partial charge in [0, 0.05) is 6.42 Å². The minimum atomic E-state index is -0.873. The molecule has 0 aromatic carbocycles. The van der Waals surface area contributed by atoms with Gasteiger partial charge in [0.1, 0.15) is 12.2 Å². The molecule has 1 aliphatic rings. The molecule has 1 rings (SSSR count). The molecule has 2 atom stereocenters. The predicted molar refractivity (Wildman–Crippen MR) is 91.0 cm³/mol. The lowest BCUT2D eigenvalue weighted by Crippen LogP contribution is -2.25. The topological polar surface area (TPSA) is 49.8 Å². The molecule has 0 saturated carbocycles. The summed E-state index contributed by atoms with van der Waals surface area (Å²) in [5, 5.41) is 9.57. The first kappa shape index (κ1) is 19.4. The zero-order chi connectivity index (χ0) is 16.0. The van der Waals surface area contributed by atoms with Gasteiger partial charge in [0.05, 0.1) is 6.61 Å². The van der Waals surface area contributed by atoms with Gasteiger partial charge in [-0.15, -0.1) is 0 Å². The standard InChI is InChI=1S/C19H34O3/c1-2-3-4-5-6-7-8-9-10-11-12-13-14-15-17(20)19(21)18-16-22-18/h7-8,18-19,21H,2-6,9-16H2,1H3. The number of unbranched alkanes of at least 4 members (excludes halogenated alkanes) is 9. The zero-order valence-electron chi connectivity index (χ0n) is 14.3. The molecule has 0 amide bonds. The Hall–Kier alpha value is -0.670. The average Bonchev–Trinajstić information content (AvgIpc) is 3.35. The van der Waals surface area contributed by atoms with Crippen molar-refractivity contribution in [2.45, 2.75) is 96.2 Å². The van der Waals surface area contributed by atoms with E-state index in [4.69, 9.17) is 4.74 Å². The van der Waals surface area contributed by atoms with E-state index in [2.05, 4.69) is 19.1 Å². The number of epoxide rings is 1. The number of carbonyl (C=O) groups excluding carboxylic acids is 1. The van der Waals surface area contributed by atoms with E-state index in [0.29, 0.717) is 13.0 Å². The quantitative estimate of drug-likeness (QED) is 0.274. The number of carbonyl (C=O) groups is 1. The van der Waals surface area contributed by atoms with E-state index in [9.17, 15) is 9.90 Å². The van der Waals surface area contributed by atoms with Crippen LogP contribution < -0.4 is 0 Å². The maximum atomic E-state index is 11.6. The van der Waals surface area contributed by atoms with E-state index in [1.54, 1.807) is 0 Å². The summed E-state index contributed by atoms with van der Waals surface area (Å²) in [6, 6.07) is 0. The summed E-state index contributed by atoms with van der Waals surface area (Å²) >= 11 is 0. The van der Waals surface area contributed by atoms with Crippen LogP contribution in [0.2, 0.25) is 0 Å². The van der Waals surface area contributed by atoms with Crippen molar-refractivity contribution in [3.63, 3.8) is 0 Å². The summed E-state index contributed by atoms with van der Waals surface area (Å²) < 4.78 is 4.93. The van der Waals surface area contributed by atoms with Crippen LogP contribution in [0.3, 0.4) is 0 Å². The highest BCUT2D eigenvalue weighted by atomic mass is 16.6. The minimum Gasteiger partial charge on any atom is -0.382 e. The lowest BCUT2D eigenvalue weighted by molar-refractivity contribution is -0.128. The molecule has 1 aliphatic heterocycles. The van der Waals surface area contributed by atoms with Gasteiger partial charge in [0.15, 0.2) is 5.78 Å². The van der Waals surface area contributed by atoms with E-state index < -0.39 is 6.10 Å². The molecular weight excluding hydrogens is 276 g/mol. The third-order valence-electron chi connectivity index (χ3n) is 4.23. The second-order valence-electron chi connectivity index (χ2n) is 6.41. The van der Waals surface area contributed by atoms with Crippen molar-refractivity contribution in [1.82, 2.24) is 0 Å². The van der Waals surface area contributed by atoms with Gasteiger partial charge in [-0.2, -0.15) is 0 Å². The molecule has 1 N–H and O–H groups in total. The van der Waals surface area contributed by atoms with Crippen molar-refractivity contribution in [1.29, 1.82) is 0 Å². The molecule has 22 heavy (non-hydrogen) atoms. The highest BCUT2D eigenvalue weighted by Gasteiger charge is 2.35. The molecule has 1 fully saturated rings. The Morgan fingerprint density at radius 2 is 1.59 bits per heavy atom. The van der Waals surface area contributed by atoms with Crippen molar-refractivity contribution in [3.8, 4) is 0 Å². The predicted octanol–water partition coefficient (Wildman–Crippen LogP) is 4.57. The molecule has 2 unspecified atom stereocenters. The first-order valence-corrected chi connectivity index (χ1v) is 9.23. The van der Waals surface area contributed by atoms with Crippen molar-refractivity contribution >= 4 is 5.78 Å². The number of Topliss-reactive ketones (excluding diaryl/α,β-unsaturated/α-hetero) is 1. The third kappa shape index (κ3) is 10.1. The molecular formula is C19H34O3. The SMILES string of the molecule is CCCCCCC=CCCCCCCCC(=O)C(O)C1CO1. The second kappa shape index (κ2) is 12.8. The van der Waals surface area contributed by atoms with Crippen molar-refractivity contribution in [2.75, 3.05) is 6.61 Å². The van der Waals surface area contributed by atoms with Crippen molar-refractivity contribution in [2.24, 2.45) is 0 Å². The van der Waals surface area contributed by atoms with Crippen LogP contribution in [0.1, 0.15) is 84.0 Å². The number of ether oxygens (including phenoxy) is 1. The molecule has 3 heteroatoms. The first-order chi connectivity index (χ1) is 10.8. The fourth-order valence-electron chi connectivity index (χ4n) is 2.61. The van der Waals surface area contributed by atoms with Gasteiger partial charge in [0.2, 0.25) is 0 Å². The normalized spacial score (nSPS) is 18.7. The van der Waals surface area contributed by atoms with Crippen LogP contribution in [0.15, 0.2) is 12.2 Å². The Labute approximate surface area is 136 Å².